The molecule has 2 aromatic carbocycles. The third-order valence-corrected chi connectivity index (χ3v) is 3.53. The molecule has 0 aliphatic heterocycles. The molecule has 0 aliphatic rings. The summed E-state index contributed by atoms with van der Waals surface area (Å²) in [7, 11) is 0. The molecule has 0 spiro atoms. The van der Waals surface area contributed by atoms with Crippen molar-refractivity contribution < 1.29 is 14.3 Å². The smallest absolute Gasteiger partial charge is 0.340 e. The van der Waals surface area contributed by atoms with Crippen molar-refractivity contribution in [3.8, 4) is 0 Å². The number of esters is 1. The molecule has 126 valence electrons. The number of hydrogen-bond acceptors (Lipinski definition) is 4. The number of benzene rings is 2. The average molecular weight is 326 g/mol. The van der Waals surface area contributed by atoms with Gasteiger partial charge in [-0.1, -0.05) is 24.3 Å². The van der Waals surface area contributed by atoms with E-state index in [1.165, 1.54) is 0 Å². The van der Waals surface area contributed by atoms with Crippen LogP contribution < -0.4 is 10.6 Å². The molecule has 0 fully saturated rings. The summed E-state index contributed by atoms with van der Waals surface area (Å²) >= 11 is 0. The van der Waals surface area contributed by atoms with Crippen LogP contribution in [0.4, 0.5) is 11.4 Å². The first-order valence-corrected chi connectivity index (χ1v) is 7.88. The van der Waals surface area contributed by atoms with E-state index in [2.05, 4.69) is 10.6 Å². The van der Waals surface area contributed by atoms with Gasteiger partial charge < -0.3 is 15.4 Å². The number of carbonyl (C=O) groups excluding carboxylic acids is 2. The SMILES string of the molecule is CCOC(=O)c1ccccc1NC(=O)CNc1cc(C)ccc1C. The third kappa shape index (κ3) is 4.59. The Labute approximate surface area is 142 Å². The van der Waals surface area contributed by atoms with Gasteiger partial charge in [0.2, 0.25) is 5.91 Å². The van der Waals surface area contributed by atoms with Crippen LogP contribution in [0, 0.1) is 13.8 Å². The largest absolute Gasteiger partial charge is 0.462 e. The molecule has 0 saturated carbocycles. The Morgan fingerprint density at radius 1 is 1.04 bits per heavy atom. The molecule has 0 atom stereocenters. The van der Waals surface area contributed by atoms with Gasteiger partial charge in [0.15, 0.2) is 0 Å². The van der Waals surface area contributed by atoms with Gasteiger partial charge in [-0.05, 0) is 50.1 Å². The van der Waals surface area contributed by atoms with Crippen LogP contribution in [0.2, 0.25) is 0 Å². The number of para-hydroxylation sites is 1. The standard InChI is InChI=1S/C19H22N2O3/c1-4-24-19(23)15-7-5-6-8-16(15)21-18(22)12-20-17-11-13(2)9-10-14(17)3/h5-11,20H,4,12H2,1-3H3,(H,21,22). The number of ether oxygens (including phenoxy) is 1. The van der Waals surface area contributed by atoms with Crippen molar-refractivity contribution in [3.63, 3.8) is 0 Å². The molecule has 0 aliphatic carbocycles. The number of carbonyl (C=O) groups is 2. The molecule has 0 unspecified atom stereocenters. The first-order valence-electron chi connectivity index (χ1n) is 7.88. The van der Waals surface area contributed by atoms with Gasteiger partial charge >= 0.3 is 5.97 Å². The Morgan fingerprint density at radius 2 is 1.79 bits per heavy atom. The fourth-order valence-electron chi connectivity index (χ4n) is 2.28. The molecule has 2 N–H and O–H groups in total. The van der Waals surface area contributed by atoms with Gasteiger partial charge in [-0.15, -0.1) is 0 Å². The first kappa shape index (κ1) is 17.5. The summed E-state index contributed by atoms with van der Waals surface area (Å²) in [6, 6.07) is 12.8. The zero-order chi connectivity index (χ0) is 17.5. The molecule has 2 rings (SSSR count). The second-order valence-electron chi connectivity index (χ2n) is 5.49. The highest BCUT2D eigenvalue weighted by Crippen LogP contribution is 2.18. The summed E-state index contributed by atoms with van der Waals surface area (Å²) in [5, 5.41) is 5.87. The number of amides is 1. The summed E-state index contributed by atoms with van der Waals surface area (Å²) in [5.41, 5.74) is 3.91. The fraction of sp³-hybridized carbons (Fsp3) is 0.263. The molecule has 24 heavy (non-hydrogen) atoms. The van der Waals surface area contributed by atoms with Crippen molar-refractivity contribution in [1.82, 2.24) is 0 Å². The maximum atomic E-state index is 12.2. The first-order chi connectivity index (χ1) is 11.5. The van der Waals surface area contributed by atoms with Crippen LogP contribution in [0.25, 0.3) is 0 Å². The molecule has 1 amide bonds. The Kier molecular flexibility index (Phi) is 5.95. The van der Waals surface area contributed by atoms with E-state index in [0.717, 1.165) is 16.8 Å². The summed E-state index contributed by atoms with van der Waals surface area (Å²) < 4.78 is 5.00. The van der Waals surface area contributed by atoms with Gasteiger partial charge in [0.1, 0.15) is 0 Å². The maximum absolute atomic E-state index is 12.2. The summed E-state index contributed by atoms with van der Waals surface area (Å²) in [6.45, 7) is 6.12. The number of nitrogens with one attached hydrogen (secondary N) is 2. The lowest BCUT2D eigenvalue weighted by molar-refractivity contribution is -0.114. The normalized spacial score (nSPS) is 10.1. The highest BCUT2D eigenvalue weighted by Gasteiger charge is 2.13. The van der Waals surface area contributed by atoms with Gasteiger partial charge in [0, 0.05) is 5.69 Å². The number of rotatable bonds is 6. The second-order valence-corrected chi connectivity index (χ2v) is 5.49. The Hall–Kier alpha value is -2.82. The Balaban J connectivity index is 2.02. The highest BCUT2D eigenvalue weighted by molar-refractivity contribution is 6.02. The maximum Gasteiger partial charge on any atom is 0.340 e. The Morgan fingerprint density at radius 3 is 2.54 bits per heavy atom. The van der Waals surface area contributed by atoms with E-state index < -0.39 is 5.97 Å². The molecular weight excluding hydrogens is 304 g/mol. The van der Waals surface area contributed by atoms with E-state index in [4.69, 9.17) is 4.74 Å². The number of aryl methyl sites for hydroxylation is 2. The summed E-state index contributed by atoms with van der Waals surface area (Å²) in [4.78, 5) is 24.1. The zero-order valence-electron chi connectivity index (χ0n) is 14.2. The van der Waals surface area contributed by atoms with Crippen LogP contribution in [-0.4, -0.2) is 25.0 Å². The zero-order valence-corrected chi connectivity index (χ0v) is 14.2. The van der Waals surface area contributed by atoms with E-state index in [1.807, 2.05) is 32.0 Å². The predicted octanol–water partition coefficient (Wildman–Crippen LogP) is 3.53. The van der Waals surface area contributed by atoms with Crippen molar-refractivity contribution in [1.29, 1.82) is 0 Å². The van der Waals surface area contributed by atoms with Gasteiger partial charge in [0.05, 0.1) is 24.4 Å². The second kappa shape index (κ2) is 8.15. The molecule has 0 aromatic heterocycles. The lowest BCUT2D eigenvalue weighted by Crippen LogP contribution is -2.23. The molecule has 5 nitrogen and oxygen atoms in total. The van der Waals surface area contributed by atoms with Gasteiger partial charge in [-0.3, -0.25) is 4.79 Å². The molecule has 0 bridgehead atoms. The lowest BCUT2D eigenvalue weighted by Gasteiger charge is -2.12. The van der Waals surface area contributed by atoms with Crippen molar-refractivity contribution in [2.24, 2.45) is 0 Å². The van der Waals surface area contributed by atoms with Crippen LogP contribution >= 0.6 is 0 Å². The highest BCUT2D eigenvalue weighted by atomic mass is 16.5. The van der Waals surface area contributed by atoms with Crippen molar-refractivity contribution in [2.45, 2.75) is 20.8 Å². The molecule has 0 radical (unpaired) electrons. The number of hydrogen-bond donors (Lipinski definition) is 2. The van der Waals surface area contributed by atoms with Gasteiger partial charge in [-0.2, -0.15) is 0 Å². The topological polar surface area (TPSA) is 67.4 Å². The quantitative estimate of drug-likeness (QED) is 0.797. The van der Waals surface area contributed by atoms with Crippen molar-refractivity contribution in [2.75, 3.05) is 23.8 Å². The van der Waals surface area contributed by atoms with Crippen LogP contribution in [-0.2, 0) is 9.53 Å². The van der Waals surface area contributed by atoms with E-state index >= 15 is 0 Å². The minimum atomic E-state index is -0.448. The van der Waals surface area contributed by atoms with Gasteiger partial charge in [-0.25, -0.2) is 4.79 Å². The van der Waals surface area contributed by atoms with E-state index in [0.29, 0.717) is 11.3 Å². The monoisotopic (exact) mass is 326 g/mol. The van der Waals surface area contributed by atoms with Crippen LogP contribution in [0.5, 0.6) is 0 Å². The lowest BCUT2D eigenvalue weighted by atomic mass is 10.1. The van der Waals surface area contributed by atoms with Crippen molar-refractivity contribution >= 4 is 23.3 Å². The molecule has 5 heteroatoms. The summed E-state index contributed by atoms with van der Waals surface area (Å²) in [6.07, 6.45) is 0. The molecule has 2 aromatic rings. The van der Waals surface area contributed by atoms with Crippen LogP contribution in [0.3, 0.4) is 0 Å². The Bertz CT molecular complexity index is 741. The van der Waals surface area contributed by atoms with Crippen LogP contribution in [0.1, 0.15) is 28.4 Å². The fourth-order valence-corrected chi connectivity index (χ4v) is 2.28. The predicted molar refractivity (Wildman–Crippen MR) is 95.4 cm³/mol. The van der Waals surface area contributed by atoms with Crippen molar-refractivity contribution in [3.05, 3.63) is 59.2 Å². The minimum absolute atomic E-state index is 0.113. The van der Waals surface area contributed by atoms with E-state index in [1.54, 1.807) is 31.2 Å². The average Bonchev–Trinajstić information content (AvgIpc) is 2.56. The molecular formula is C19H22N2O3. The summed E-state index contributed by atoms with van der Waals surface area (Å²) in [5.74, 6) is -0.677. The molecule has 0 saturated heterocycles. The molecule has 0 heterocycles. The minimum Gasteiger partial charge on any atom is -0.462 e. The van der Waals surface area contributed by atoms with Crippen LogP contribution in [0.15, 0.2) is 42.5 Å². The van der Waals surface area contributed by atoms with E-state index in [9.17, 15) is 9.59 Å². The van der Waals surface area contributed by atoms with Gasteiger partial charge in [0.25, 0.3) is 0 Å². The van der Waals surface area contributed by atoms with E-state index in [-0.39, 0.29) is 19.1 Å². The number of anilines is 2. The third-order valence-electron chi connectivity index (χ3n) is 3.53.